The number of furan rings is 1. The molecule has 1 aromatic carbocycles. The van der Waals surface area contributed by atoms with E-state index in [1.165, 1.54) is 4.90 Å². The number of anilines is 1. The van der Waals surface area contributed by atoms with Crippen LogP contribution in [0.1, 0.15) is 53.7 Å². The molecule has 4 rings (SSSR count). The van der Waals surface area contributed by atoms with Crippen LogP contribution in [0.3, 0.4) is 0 Å². The van der Waals surface area contributed by atoms with E-state index < -0.39 is 11.9 Å². The van der Waals surface area contributed by atoms with Crippen molar-refractivity contribution in [3.05, 3.63) is 65.1 Å². The molecule has 2 amide bonds. The molecule has 0 radical (unpaired) electrons. The van der Waals surface area contributed by atoms with Gasteiger partial charge < -0.3 is 9.73 Å². The molecule has 0 aliphatic heterocycles. The van der Waals surface area contributed by atoms with E-state index in [0.717, 1.165) is 37.2 Å². The first-order valence-electron chi connectivity index (χ1n) is 9.66. The van der Waals surface area contributed by atoms with Crippen molar-refractivity contribution in [1.82, 2.24) is 14.9 Å². The van der Waals surface area contributed by atoms with Crippen LogP contribution in [-0.2, 0) is 4.79 Å². The molecule has 0 saturated heterocycles. The van der Waals surface area contributed by atoms with Crippen molar-refractivity contribution in [1.29, 1.82) is 0 Å². The fourth-order valence-corrected chi connectivity index (χ4v) is 4.11. The summed E-state index contributed by atoms with van der Waals surface area (Å²) in [6.07, 6.45) is 4.10. The van der Waals surface area contributed by atoms with E-state index in [2.05, 4.69) is 14.9 Å². The molecule has 29 heavy (non-hydrogen) atoms. The van der Waals surface area contributed by atoms with Gasteiger partial charge in [0.1, 0.15) is 11.5 Å². The van der Waals surface area contributed by atoms with Crippen molar-refractivity contribution < 1.29 is 14.0 Å². The summed E-state index contributed by atoms with van der Waals surface area (Å²) in [6, 6.07) is 11.8. The van der Waals surface area contributed by atoms with Gasteiger partial charge in [-0.25, -0.2) is 0 Å². The number of aryl methyl sites for hydroxylation is 1. The number of benzene rings is 1. The summed E-state index contributed by atoms with van der Waals surface area (Å²) in [4.78, 5) is 28.2. The Labute approximate surface area is 172 Å². The van der Waals surface area contributed by atoms with Gasteiger partial charge in [-0.05, 0) is 55.6 Å². The van der Waals surface area contributed by atoms with E-state index in [4.69, 9.17) is 4.42 Å². The van der Waals surface area contributed by atoms with E-state index in [-0.39, 0.29) is 17.6 Å². The molecule has 0 spiro atoms. The van der Waals surface area contributed by atoms with Gasteiger partial charge in [0.05, 0.1) is 0 Å². The number of nitrogens with one attached hydrogen (secondary N) is 1. The Balaban J connectivity index is 1.76. The predicted octanol–water partition coefficient (Wildman–Crippen LogP) is 3.89. The van der Waals surface area contributed by atoms with E-state index in [0.29, 0.717) is 17.2 Å². The van der Waals surface area contributed by atoms with Crippen LogP contribution in [0.5, 0.6) is 0 Å². The zero-order valence-corrected chi connectivity index (χ0v) is 16.9. The van der Waals surface area contributed by atoms with Gasteiger partial charge in [-0.3, -0.25) is 14.5 Å². The summed E-state index contributed by atoms with van der Waals surface area (Å²) >= 11 is 1.09. The number of aromatic nitrogens is 2. The molecule has 8 heteroatoms. The molecule has 3 aromatic rings. The molecule has 1 atom stereocenters. The van der Waals surface area contributed by atoms with Crippen molar-refractivity contribution in [3.8, 4) is 0 Å². The van der Waals surface area contributed by atoms with Gasteiger partial charge in [0.25, 0.3) is 11.8 Å². The highest BCUT2D eigenvalue weighted by atomic mass is 32.1. The number of nitrogens with zero attached hydrogens (tertiary/aromatic N) is 3. The quantitative estimate of drug-likeness (QED) is 0.666. The van der Waals surface area contributed by atoms with Gasteiger partial charge in [0.2, 0.25) is 0 Å². The number of carbonyl (C=O) groups excluding carboxylic acids is 2. The van der Waals surface area contributed by atoms with Crippen molar-refractivity contribution in [2.75, 3.05) is 4.90 Å². The second kappa shape index (κ2) is 8.57. The summed E-state index contributed by atoms with van der Waals surface area (Å²) in [5.74, 6) is 0.435. The van der Waals surface area contributed by atoms with E-state index in [1.54, 1.807) is 29.6 Å². The molecule has 0 bridgehead atoms. The van der Waals surface area contributed by atoms with Crippen LogP contribution in [0.15, 0.2) is 52.3 Å². The highest BCUT2D eigenvalue weighted by Crippen LogP contribution is 2.31. The maximum Gasteiger partial charge on any atom is 0.280 e. The largest absolute Gasteiger partial charge is 0.464 e. The Bertz CT molecular complexity index is 965. The number of amides is 2. The van der Waals surface area contributed by atoms with Crippen molar-refractivity contribution in [3.63, 3.8) is 0 Å². The van der Waals surface area contributed by atoms with Crippen molar-refractivity contribution in [2.45, 2.75) is 44.7 Å². The maximum absolute atomic E-state index is 13.4. The molecule has 2 aromatic heterocycles. The second-order valence-electron chi connectivity index (χ2n) is 7.14. The molecule has 1 aliphatic rings. The minimum atomic E-state index is -0.944. The Hall–Kier alpha value is -3.00. The van der Waals surface area contributed by atoms with Gasteiger partial charge in [0.15, 0.2) is 11.7 Å². The summed E-state index contributed by atoms with van der Waals surface area (Å²) in [7, 11) is 0. The molecule has 1 unspecified atom stereocenters. The third kappa shape index (κ3) is 4.22. The van der Waals surface area contributed by atoms with Crippen LogP contribution < -0.4 is 10.2 Å². The average molecular weight is 410 g/mol. The zero-order chi connectivity index (χ0) is 20.2. The molecular weight excluding hydrogens is 388 g/mol. The molecule has 2 heterocycles. The van der Waals surface area contributed by atoms with Crippen LogP contribution in [0.25, 0.3) is 0 Å². The first kappa shape index (κ1) is 19.3. The monoisotopic (exact) mass is 410 g/mol. The summed E-state index contributed by atoms with van der Waals surface area (Å²) in [5, 5.41) is 8.61. The summed E-state index contributed by atoms with van der Waals surface area (Å²) < 4.78 is 9.62. The van der Waals surface area contributed by atoms with E-state index in [9.17, 15) is 9.59 Å². The minimum absolute atomic E-state index is 0.120. The van der Waals surface area contributed by atoms with Gasteiger partial charge in [-0.1, -0.05) is 35.5 Å². The minimum Gasteiger partial charge on any atom is -0.464 e. The highest BCUT2D eigenvalue weighted by Gasteiger charge is 2.37. The van der Waals surface area contributed by atoms with E-state index >= 15 is 0 Å². The van der Waals surface area contributed by atoms with Gasteiger partial charge in [-0.2, -0.15) is 0 Å². The van der Waals surface area contributed by atoms with Crippen molar-refractivity contribution >= 4 is 29.0 Å². The number of hydrogen-bond acceptors (Lipinski definition) is 6. The number of rotatable bonds is 6. The number of hydrogen-bond donors (Lipinski definition) is 1. The average Bonchev–Trinajstić information content (AvgIpc) is 3.49. The van der Waals surface area contributed by atoms with Gasteiger partial charge in [0, 0.05) is 17.1 Å². The van der Waals surface area contributed by atoms with Crippen LogP contribution in [0.4, 0.5) is 5.69 Å². The summed E-state index contributed by atoms with van der Waals surface area (Å²) in [6.45, 7) is 1.81. The molecule has 1 saturated carbocycles. The Kier molecular flexibility index (Phi) is 5.71. The lowest BCUT2D eigenvalue weighted by atomic mass is 10.1. The lowest BCUT2D eigenvalue weighted by Crippen LogP contribution is -2.46. The highest BCUT2D eigenvalue weighted by molar-refractivity contribution is 7.03. The maximum atomic E-state index is 13.4. The van der Waals surface area contributed by atoms with Crippen LogP contribution >= 0.6 is 11.5 Å². The SMILES string of the molecule is Cc1ccc(C(C(=O)NC2CCCC2)N(C(=O)c2csnn2)c2ccccc2)o1. The molecule has 7 nitrogen and oxygen atoms in total. The van der Waals surface area contributed by atoms with E-state index in [1.807, 2.05) is 25.1 Å². The normalized spacial score (nSPS) is 15.2. The molecule has 1 N–H and O–H groups in total. The standard InChI is InChI=1S/C21H22N4O3S/c1-14-11-12-18(28-14)19(20(26)22-15-7-5-6-8-15)25(16-9-3-2-4-10-16)21(27)17-13-29-24-23-17/h2-4,9-13,15,19H,5-8H2,1H3,(H,22,26). The lowest BCUT2D eigenvalue weighted by Gasteiger charge is -2.30. The van der Waals surface area contributed by atoms with Gasteiger partial charge >= 0.3 is 0 Å². The molecule has 1 aliphatic carbocycles. The first-order chi connectivity index (χ1) is 14.1. The number of carbonyl (C=O) groups is 2. The topological polar surface area (TPSA) is 88.3 Å². The Morgan fingerprint density at radius 1 is 1.17 bits per heavy atom. The summed E-state index contributed by atoms with van der Waals surface area (Å²) in [5.41, 5.74) is 0.784. The third-order valence-electron chi connectivity index (χ3n) is 5.07. The molecular formula is C21H22N4O3S. The third-order valence-corrected chi connectivity index (χ3v) is 5.58. The lowest BCUT2D eigenvalue weighted by molar-refractivity contribution is -0.123. The molecule has 150 valence electrons. The van der Waals surface area contributed by atoms with Crippen LogP contribution in [0.2, 0.25) is 0 Å². The fourth-order valence-electron chi connectivity index (χ4n) is 3.68. The Morgan fingerprint density at radius 2 is 1.93 bits per heavy atom. The fraction of sp³-hybridized carbons (Fsp3) is 0.333. The van der Waals surface area contributed by atoms with Crippen LogP contribution in [-0.4, -0.2) is 27.4 Å². The zero-order valence-electron chi connectivity index (χ0n) is 16.1. The molecule has 1 fully saturated rings. The second-order valence-corrected chi connectivity index (χ2v) is 7.75. The Morgan fingerprint density at radius 3 is 2.55 bits per heavy atom. The van der Waals surface area contributed by atoms with Gasteiger partial charge in [-0.15, -0.1) is 5.10 Å². The number of para-hydroxylation sites is 1. The smallest absolute Gasteiger partial charge is 0.280 e. The first-order valence-corrected chi connectivity index (χ1v) is 10.5. The van der Waals surface area contributed by atoms with Crippen molar-refractivity contribution in [2.24, 2.45) is 0 Å². The van der Waals surface area contributed by atoms with Crippen LogP contribution in [0, 0.1) is 6.92 Å². The predicted molar refractivity (Wildman–Crippen MR) is 110 cm³/mol.